The van der Waals surface area contributed by atoms with E-state index >= 15 is 0 Å². The fourth-order valence-electron chi connectivity index (χ4n) is 2.54. The van der Waals surface area contributed by atoms with E-state index in [1.54, 1.807) is 13.2 Å². The predicted molar refractivity (Wildman–Crippen MR) is 104 cm³/mol. The summed E-state index contributed by atoms with van der Waals surface area (Å²) >= 11 is 0. The van der Waals surface area contributed by atoms with Crippen LogP contribution in [-0.2, 0) is 13.1 Å². The first-order valence-corrected chi connectivity index (χ1v) is 8.59. The number of aryl methyl sites for hydroxylation is 1. The van der Waals surface area contributed by atoms with Gasteiger partial charge in [0.05, 0.1) is 20.8 Å². The minimum atomic E-state index is 0.138. The lowest BCUT2D eigenvalue weighted by Gasteiger charge is -2.14. The number of benzene rings is 2. The van der Waals surface area contributed by atoms with E-state index in [1.807, 2.05) is 44.2 Å². The lowest BCUT2D eigenvalue weighted by Crippen LogP contribution is -2.36. The van der Waals surface area contributed by atoms with E-state index in [4.69, 9.17) is 9.47 Å². The standard InChI is InChI=1S/C20H27N3O3/c1-5-21-20(22-12-15-10-9-14(2)11-18(15)26-4)23-13-16-7-6-8-17(25-3)19(16)24/h6-11,24H,5,12-13H2,1-4H3,(H2,21,22,23). The molecule has 0 saturated heterocycles. The third-order valence-corrected chi connectivity index (χ3v) is 3.94. The molecular weight excluding hydrogens is 330 g/mol. The third kappa shape index (κ3) is 5.05. The van der Waals surface area contributed by atoms with Gasteiger partial charge in [0.25, 0.3) is 0 Å². The molecule has 0 spiro atoms. The molecule has 0 radical (unpaired) electrons. The number of ether oxygens (including phenoxy) is 2. The van der Waals surface area contributed by atoms with Crippen molar-refractivity contribution in [3.63, 3.8) is 0 Å². The van der Waals surface area contributed by atoms with Crippen molar-refractivity contribution in [1.82, 2.24) is 10.6 Å². The van der Waals surface area contributed by atoms with Crippen LogP contribution in [0.15, 0.2) is 41.4 Å². The van der Waals surface area contributed by atoms with Gasteiger partial charge in [-0.1, -0.05) is 24.3 Å². The Labute approximate surface area is 154 Å². The van der Waals surface area contributed by atoms with Gasteiger partial charge in [-0.3, -0.25) is 0 Å². The Bertz CT molecular complexity index is 760. The van der Waals surface area contributed by atoms with E-state index in [-0.39, 0.29) is 5.75 Å². The summed E-state index contributed by atoms with van der Waals surface area (Å²) in [6, 6.07) is 11.5. The smallest absolute Gasteiger partial charge is 0.191 e. The van der Waals surface area contributed by atoms with E-state index in [1.165, 1.54) is 7.11 Å². The van der Waals surface area contributed by atoms with E-state index in [9.17, 15) is 5.11 Å². The zero-order valence-corrected chi connectivity index (χ0v) is 15.8. The molecule has 0 atom stereocenters. The van der Waals surface area contributed by atoms with Gasteiger partial charge in [0, 0.05) is 24.2 Å². The summed E-state index contributed by atoms with van der Waals surface area (Å²) in [7, 11) is 3.20. The van der Waals surface area contributed by atoms with Crippen molar-refractivity contribution in [2.24, 2.45) is 4.99 Å². The van der Waals surface area contributed by atoms with Crippen molar-refractivity contribution in [3.8, 4) is 17.2 Å². The molecule has 2 aromatic rings. The molecule has 26 heavy (non-hydrogen) atoms. The molecule has 6 heteroatoms. The lowest BCUT2D eigenvalue weighted by atomic mass is 10.1. The lowest BCUT2D eigenvalue weighted by molar-refractivity contribution is 0.370. The molecule has 6 nitrogen and oxygen atoms in total. The Morgan fingerprint density at radius 1 is 1.04 bits per heavy atom. The Morgan fingerprint density at radius 2 is 1.81 bits per heavy atom. The molecule has 0 fully saturated rings. The molecule has 0 bridgehead atoms. The summed E-state index contributed by atoms with van der Waals surface area (Å²) < 4.78 is 10.6. The normalized spacial score (nSPS) is 11.2. The van der Waals surface area contributed by atoms with Gasteiger partial charge in [0.15, 0.2) is 17.5 Å². The van der Waals surface area contributed by atoms with Crippen molar-refractivity contribution in [1.29, 1.82) is 0 Å². The van der Waals surface area contributed by atoms with Crippen LogP contribution in [0.25, 0.3) is 0 Å². The number of aliphatic imine (C=N–C) groups is 1. The van der Waals surface area contributed by atoms with Crippen LogP contribution in [-0.4, -0.2) is 31.8 Å². The van der Waals surface area contributed by atoms with Crippen LogP contribution in [0.2, 0.25) is 0 Å². The summed E-state index contributed by atoms with van der Waals surface area (Å²) in [5, 5.41) is 16.6. The van der Waals surface area contributed by atoms with Crippen molar-refractivity contribution < 1.29 is 14.6 Å². The molecule has 2 aromatic carbocycles. The van der Waals surface area contributed by atoms with Gasteiger partial charge in [-0.05, 0) is 31.5 Å². The van der Waals surface area contributed by atoms with Crippen LogP contribution in [0.1, 0.15) is 23.6 Å². The second-order valence-electron chi connectivity index (χ2n) is 5.83. The topological polar surface area (TPSA) is 75.1 Å². The SMILES string of the molecule is CCNC(=NCc1ccc(C)cc1OC)NCc1cccc(OC)c1O. The zero-order chi connectivity index (χ0) is 18.9. The van der Waals surface area contributed by atoms with Gasteiger partial charge >= 0.3 is 0 Å². The highest BCUT2D eigenvalue weighted by molar-refractivity contribution is 5.79. The van der Waals surface area contributed by atoms with Crippen LogP contribution >= 0.6 is 0 Å². The number of hydrogen-bond acceptors (Lipinski definition) is 4. The average molecular weight is 357 g/mol. The first-order valence-electron chi connectivity index (χ1n) is 8.59. The second-order valence-corrected chi connectivity index (χ2v) is 5.83. The van der Waals surface area contributed by atoms with E-state index in [0.29, 0.717) is 24.8 Å². The Hall–Kier alpha value is -2.89. The number of hydrogen-bond donors (Lipinski definition) is 3. The molecule has 0 aliphatic heterocycles. The monoisotopic (exact) mass is 357 g/mol. The Kier molecular flexibility index (Phi) is 7.14. The second kappa shape index (κ2) is 9.56. The zero-order valence-electron chi connectivity index (χ0n) is 15.8. The molecule has 0 aliphatic rings. The minimum Gasteiger partial charge on any atom is -0.504 e. The fraction of sp³-hybridized carbons (Fsp3) is 0.350. The number of aromatic hydroxyl groups is 1. The summed E-state index contributed by atoms with van der Waals surface area (Å²) in [5.41, 5.74) is 2.90. The van der Waals surface area contributed by atoms with Crippen molar-refractivity contribution >= 4 is 5.96 Å². The van der Waals surface area contributed by atoms with Crippen molar-refractivity contribution in [2.75, 3.05) is 20.8 Å². The van der Waals surface area contributed by atoms with Gasteiger partial charge in [-0.2, -0.15) is 0 Å². The van der Waals surface area contributed by atoms with Gasteiger partial charge in [-0.15, -0.1) is 0 Å². The summed E-state index contributed by atoms with van der Waals surface area (Å²) in [6.07, 6.45) is 0. The summed E-state index contributed by atoms with van der Waals surface area (Å²) in [5.74, 6) is 2.08. The van der Waals surface area contributed by atoms with Gasteiger partial charge in [0.1, 0.15) is 5.75 Å². The predicted octanol–water partition coefficient (Wildman–Crippen LogP) is 2.97. The van der Waals surface area contributed by atoms with E-state index in [0.717, 1.165) is 29.0 Å². The van der Waals surface area contributed by atoms with E-state index < -0.39 is 0 Å². The molecule has 0 heterocycles. The third-order valence-electron chi connectivity index (χ3n) is 3.94. The largest absolute Gasteiger partial charge is 0.504 e. The number of nitrogens with one attached hydrogen (secondary N) is 2. The molecule has 0 amide bonds. The highest BCUT2D eigenvalue weighted by Crippen LogP contribution is 2.29. The van der Waals surface area contributed by atoms with Crippen LogP contribution in [0.3, 0.4) is 0 Å². The molecule has 2 rings (SSSR count). The number of nitrogens with zero attached hydrogens (tertiary/aromatic N) is 1. The van der Waals surface area contributed by atoms with Crippen LogP contribution in [0.5, 0.6) is 17.2 Å². The number of methoxy groups -OCH3 is 2. The van der Waals surface area contributed by atoms with Gasteiger partial charge < -0.3 is 25.2 Å². The maximum atomic E-state index is 10.2. The number of guanidine groups is 1. The van der Waals surface area contributed by atoms with Gasteiger partial charge in [0.2, 0.25) is 0 Å². The molecule has 140 valence electrons. The van der Waals surface area contributed by atoms with Gasteiger partial charge in [-0.25, -0.2) is 4.99 Å². The molecule has 0 aromatic heterocycles. The molecule has 0 unspecified atom stereocenters. The number of para-hydroxylation sites is 1. The molecule has 0 saturated carbocycles. The first-order chi connectivity index (χ1) is 12.6. The quantitative estimate of drug-likeness (QED) is 0.525. The summed E-state index contributed by atoms with van der Waals surface area (Å²) in [4.78, 5) is 4.61. The summed E-state index contributed by atoms with van der Waals surface area (Å²) in [6.45, 7) is 5.69. The van der Waals surface area contributed by atoms with Crippen LogP contribution in [0.4, 0.5) is 0 Å². The average Bonchev–Trinajstić information content (AvgIpc) is 2.65. The highest BCUT2D eigenvalue weighted by Gasteiger charge is 2.08. The number of rotatable bonds is 7. The minimum absolute atomic E-state index is 0.138. The maximum absolute atomic E-state index is 10.2. The van der Waals surface area contributed by atoms with Crippen molar-refractivity contribution in [2.45, 2.75) is 26.9 Å². The molecule has 0 aliphatic carbocycles. The Morgan fingerprint density at radius 3 is 2.50 bits per heavy atom. The molecule has 3 N–H and O–H groups in total. The highest BCUT2D eigenvalue weighted by atomic mass is 16.5. The van der Waals surface area contributed by atoms with E-state index in [2.05, 4.69) is 15.6 Å². The first kappa shape index (κ1) is 19.4. The van der Waals surface area contributed by atoms with Crippen molar-refractivity contribution in [3.05, 3.63) is 53.1 Å². The number of phenolic OH excluding ortho intramolecular Hbond substituents is 1. The Balaban J connectivity index is 2.10. The number of phenols is 1. The maximum Gasteiger partial charge on any atom is 0.191 e. The van der Waals surface area contributed by atoms with Crippen LogP contribution < -0.4 is 20.1 Å². The molecular formula is C20H27N3O3. The fourth-order valence-corrected chi connectivity index (χ4v) is 2.54. The van der Waals surface area contributed by atoms with Crippen LogP contribution in [0, 0.1) is 6.92 Å².